The quantitative estimate of drug-likeness (QED) is 0.814. The van der Waals surface area contributed by atoms with Gasteiger partial charge in [-0.2, -0.15) is 0 Å². The summed E-state index contributed by atoms with van der Waals surface area (Å²) in [4.78, 5) is 14.4. The summed E-state index contributed by atoms with van der Waals surface area (Å²) >= 11 is 0. The fourth-order valence-electron chi connectivity index (χ4n) is 3.43. The van der Waals surface area contributed by atoms with Crippen molar-refractivity contribution >= 4 is 21.6 Å². The summed E-state index contributed by atoms with van der Waals surface area (Å²) in [5.74, 6) is -0.0200. The number of hydrogen-bond acceptors (Lipinski definition) is 4. The Morgan fingerprint density at radius 2 is 2.04 bits per heavy atom. The van der Waals surface area contributed by atoms with Crippen LogP contribution in [0.3, 0.4) is 0 Å². The predicted octanol–water partition coefficient (Wildman–Crippen LogP) is 1.26. The number of carbonyl (C=O) groups is 1. The molecule has 0 spiro atoms. The van der Waals surface area contributed by atoms with Crippen LogP contribution in [0.4, 0.5) is 5.69 Å². The molecule has 6 nitrogen and oxygen atoms in total. The summed E-state index contributed by atoms with van der Waals surface area (Å²) in [5, 5.41) is 0. The molecule has 1 aromatic carbocycles. The molecule has 0 N–H and O–H groups in total. The van der Waals surface area contributed by atoms with Crippen molar-refractivity contribution in [1.82, 2.24) is 4.90 Å². The molecule has 1 aromatic rings. The summed E-state index contributed by atoms with van der Waals surface area (Å²) in [6.07, 6.45) is 1.89. The second-order valence-electron chi connectivity index (χ2n) is 6.39. The topological polar surface area (TPSA) is 66.9 Å². The van der Waals surface area contributed by atoms with Gasteiger partial charge in [-0.1, -0.05) is 0 Å². The molecule has 0 bridgehead atoms. The van der Waals surface area contributed by atoms with Crippen LogP contribution in [0.2, 0.25) is 0 Å². The minimum Gasteiger partial charge on any atom is -0.375 e. The normalized spacial score (nSPS) is 24.7. The monoisotopic (exact) mass is 338 g/mol. The first-order valence-electron chi connectivity index (χ1n) is 7.80. The van der Waals surface area contributed by atoms with Crippen molar-refractivity contribution in [2.24, 2.45) is 0 Å². The van der Waals surface area contributed by atoms with Crippen molar-refractivity contribution < 1.29 is 17.9 Å². The van der Waals surface area contributed by atoms with E-state index < -0.39 is 10.0 Å². The van der Waals surface area contributed by atoms with Crippen LogP contribution >= 0.6 is 0 Å². The minimum absolute atomic E-state index is 0.0200. The van der Waals surface area contributed by atoms with Crippen LogP contribution in [0, 0.1) is 0 Å². The van der Waals surface area contributed by atoms with Gasteiger partial charge in [0.2, 0.25) is 10.0 Å². The van der Waals surface area contributed by atoms with E-state index in [2.05, 4.69) is 0 Å². The highest BCUT2D eigenvalue weighted by molar-refractivity contribution is 7.92. The Balaban J connectivity index is 1.88. The molecule has 2 heterocycles. The minimum atomic E-state index is -3.30. The number of hydrogen-bond donors (Lipinski definition) is 0. The van der Waals surface area contributed by atoms with E-state index in [-0.39, 0.29) is 18.1 Å². The molecule has 0 saturated carbocycles. The molecule has 3 rings (SSSR count). The Morgan fingerprint density at radius 1 is 1.30 bits per heavy atom. The number of benzene rings is 1. The Morgan fingerprint density at radius 3 is 2.70 bits per heavy atom. The molecule has 7 heteroatoms. The number of anilines is 1. The Labute approximate surface area is 137 Å². The molecule has 23 heavy (non-hydrogen) atoms. The van der Waals surface area contributed by atoms with Gasteiger partial charge in [0.15, 0.2) is 0 Å². The second kappa shape index (κ2) is 5.79. The zero-order valence-corrected chi connectivity index (χ0v) is 14.5. The number of ether oxygens (including phenoxy) is 1. The van der Waals surface area contributed by atoms with E-state index in [0.29, 0.717) is 37.4 Å². The van der Waals surface area contributed by atoms with Crippen molar-refractivity contribution in [2.75, 3.05) is 30.3 Å². The molecule has 126 valence electrons. The standard InChI is InChI=1S/C16H22N2O4S/c1-11-8-14-9-13(4-5-15(14)18(11)23(3,20)21)16(19)17-6-7-22-12(2)10-17/h4-5,9,11-12H,6-8,10H2,1-3H3/t11-,12+/m1/s1. The summed E-state index contributed by atoms with van der Waals surface area (Å²) in [7, 11) is -3.30. The number of sulfonamides is 1. The lowest BCUT2D eigenvalue weighted by atomic mass is 10.1. The average Bonchev–Trinajstić information content (AvgIpc) is 2.81. The molecule has 0 aliphatic carbocycles. The zero-order chi connectivity index (χ0) is 16.8. The first-order chi connectivity index (χ1) is 10.8. The fraction of sp³-hybridized carbons (Fsp3) is 0.562. The van der Waals surface area contributed by atoms with Crippen molar-refractivity contribution in [3.05, 3.63) is 29.3 Å². The molecule has 0 unspecified atom stereocenters. The fourth-order valence-corrected chi connectivity index (χ4v) is 4.69. The number of nitrogens with zero attached hydrogens (tertiary/aromatic N) is 2. The van der Waals surface area contributed by atoms with Crippen LogP contribution in [-0.4, -0.2) is 57.3 Å². The maximum Gasteiger partial charge on any atom is 0.254 e. The van der Waals surface area contributed by atoms with Gasteiger partial charge in [0, 0.05) is 24.7 Å². The third-order valence-electron chi connectivity index (χ3n) is 4.37. The average molecular weight is 338 g/mol. The van der Waals surface area contributed by atoms with Gasteiger partial charge < -0.3 is 9.64 Å². The van der Waals surface area contributed by atoms with Crippen LogP contribution in [0.15, 0.2) is 18.2 Å². The summed E-state index contributed by atoms with van der Waals surface area (Å²) in [5.41, 5.74) is 2.21. The SMILES string of the molecule is C[C@@H]1Cc2cc(C(=O)N3CCO[C@@H](C)C3)ccc2N1S(C)(=O)=O. The number of morpholine rings is 1. The van der Waals surface area contributed by atoms with Crippen LogP contribution < -0.4 is 4.31 Å². The van der Waals surface area contributed by atoms with Crippen molar-refractivity contribution in [1.29, 1.82) is 0 Å². The third kappa shape index (κ3) is 3.07. The predicted molar refractivity (Wildman–Crippen MR) is 88.2 cm³/mol. The van der Waals surface area contributed by atoms with E-state index >= 15 is 0 Å². The lowest BCUT2D eigenvalue weighted by Gasteiger charge is -2.31. The smallest absolute Gasteiger partial charge is 0.254 e. The van der Waals surface area contributed by atoms with E-state index in [1.807, 2.05) is 19.9 Å². The molecule has 1 amide bonds. The lowest BCUT2D eigenvalue weighted by Crippen LogP contribution is -2.44. The maximum absolute atomic E-state index is 12.6. The van der Waals surface area contributed by atoms with Crippen LogP contribution in [0.1, 0.15) is 29.8 Å². The molecule has 0 aromatic heterocycles. The van der Waals surface area contributed by atoms with Gasteiger partial charge >= 0.3 is 0 Å². The highest BCUT2D eigenvalue weighted by Gasteiger charge is 2.33. The van der Waals surface area contributed by atoms with Gasteiger partial charge in [0.1, 0.15) is 0 Å². The van der Waals surface area contributed by atoms with Crippen molar-refractivity contribution in [3.63, 3.8) is 0 Å². The van der Waals surface area contributed by atoms with Crippen LogP contribution in [0.5, 0.6) is 0 Å². The first-order valence-corrected chi connectivity index (χ1v) is 9.65. The number of carbonyl (C=O) groups excluding carboxylic acids is 1. The van der Waals surface area contributed by atoms with Gasteiger partial charge in [-0.05, 0) is 44.0 Å². The van der Waals surface area contributed by atoms with Gasteiger partial charge in [-0.3, -0.25) is 9.10 Å². The molecule has 2 atom stereocenters. The maximum atomic E-state index is 12.6. The Kier molecular flexibility index (Phi) is 4.10. The highest BCUT2D eigenvalue weighted by Crippen LogP contribution is 2.35. The number of amides is 1. The molecular formula is C16H22N2O4S. The highest BCUT2D eigenvalue weighted by atomic mass is 32.2. The van der Waals surface area contributed by atoms with Gasteiger partial charge in [-0.15, -0.1) is 0 Å². The molecule has 1 fully saturated rings. The van der Waals surface area contributed by atoms with Crippen LogP contribution in [0.25, 0.3) is 0 Å². The van der Waals surface area contributed by atoms with Gasteiger partial charge in [0.25, 0.3) is 5.91 Å². The molecule has 2 aliphatic heterocycles. The lowest BCUT2D eigenvalue weighted by molar-refractivity contribution is -0.0124. The van der Waals surface area contributed by atoms with Gasteiger partial charge in [-0.25, -0.2) is 8.42 Å². The number of rotatable bonds is 2. The molecule has 1 saturated heterocycles. The zero-order valence-electron chi connectivity index (χ0n) is 13.7. The van der Waals surface area contributed by atoms with Crippen molar-refractivity contribution in [3.8, 4) is 0 Å². The molecule has 2 aliphatic rings. The van der Waals surface area contributed by atoms with E-state index in [9.17, 15) is 13.2 Å². The summed E-state index contributed by atoms with van der Waals surface area (Å²) in [6.45, 7) is 5.56. The molecule has 0 radical (unpaired) electrons. The van der Waals surface area contributed by atoms with Gasteiger partial charge in [0.05, 0.1) is 24.7 Å². The molecular weight excluding hydrogens is 316 g/mol. The first kappa shape index (κ1) is 16.3. The van der Waals surface area contributed by atoms with E-state index in [0.717, 1.165) is 5.56 Å². The Bertz CT molecular complexity index is 732. The van der Waals surface area contributed by atoms with Crippen molar-refractivity contribution in [2.45, 2.75) is 32.4 Å². The summed E-state index contributed by atoms with van der Waals surface area (Å²) < 4.78 is 30.8. The van der Waals surface area contributed by atoms with E-state index in [1.54, 1.807) is 17.0 Å². The van der Waals surface area contributed by atoms with E-state index in [1.165, 1.54) is 10.6 Å². The van der Waals surface area contributed by atoms with E-state index in [4.69, 9.17) is 4.74 Å². The largest absolute Gasteiger partial charge is 0.375 e. The Hall–Kier alpha value is -1.60. The van der Waals surface area contributed by atoms with Crippen LogP contribution in [-0.2, 0) is 21.2 Å². The number of fused-ring (bicyclic) bond motifs is 1. The summed E-state index contributed by atoms with van der Waals surface area (Å²) in [6, 6.07) is 5.18. The third-order valence-corrected chi connectivity index (χ3v) is 5.64. The second-order valence-corrected chi connectivity index (χ2v) is 8.25.